The molecule has 1 heterocycles. The van der Waals surface area contributed by atoms with E-state index >= 15 is 0 Å². The van der Waals surface area contributed by atoms with E-state index in [0.717, 1.165) is 6.42 Å². The molecule has 0 aromatic heterocycles. The molecule has 0 atom stereocenters. The fourth-order valence-electron chi connectivity index (χ4n) is 0.970. The smallest absolute Gasteiger partial charge is 0.294 e. The van der Waals surface area contributed by atoms with Gasteiger partial charge in [0.15, 0.2) is 0 Å². The summed E-state index contributed by atoms with van der Waals surface area (Å²) in [5.74, 6) is 0. The van der Waals surface area contributed by atoms with Crippen molar-refractivity contribution in [2.24, 2.45) is 5.41 Å². The van der Waals surface area contributed by atoms with Gasteiger partial charge in [-0.25, -0.2) is 0 Å². The fourth-order valence-corrected chi connectivity index (χ4v) is 0.970. The van der Waals surface area contributed by atoms with Crippen molar-refractivity contribution in [1.82, 2.24) is 0 Å². The summed E-state index contributed by atoms with van der Waals surface area (Å²) in [4.78, 5) is 14.1. The van der Waals surface area contributed by atoms with Gasteiger partial charge in [0.1, 0.15) is 6.61 Å². The Morgan fingerprint density at radius 3 is 2.64 bits per heavy atom. The molecule has 64 valence electrons. The van der Waals surface area contributed by atoms with Crippen LogP contribution in [0.25, 0.3) is 0 Å². The normalized spacial score (nSPS) is 20.5. The van der Waals surface area contributed by atoms with Gasteiger partial charge < -0.3 is 9.57 Å². The minimum Gasteiger partial charge on any atom is -0.380 e. The van der Waals surface area contributed by atoms with Crippen LogP contribution < -0.4 is 0 Å². The highest BCUT2D eigenvalue weighted by atomic mass is 16.9. The van der Waals surface area contributed by atoms with Crippen LogP contribution >= 0.6 is 0 Å². The molecule has 1 rings (SSSR count). The first-order valence-corrected chi connectivity index (χ1v) is 3.54. The maximum atomic E-state index is 9.84. The van der Waals surface area contributed by atoms with Crippen LogP contribution in [0.1, 0.15) is 13.3 Å². The third kappa shape index (κ3) is 1.80. The predicted molar refractivity (Wildman–Crippen MR) is 36.5 cm³/mol. The van der Waals surface area contributed by atoms with E-state index in [1.54, 1.807) is 0 Å². The summed E-state index contributed by atoms with van der Waals surface area (Å²) < 4.78 is 4.96. The van der Waals surface area contributed by atoms with E-state index in [9.17, 15) is 10.1 Å². The van der Waals surface area contributed by atoms with Crippen LogP contribution in [0, 0.1) is 15.5 Å². The van der Waals surface area contributed by atoms with Gasteiger partial charge in [-0.15, -0.1) is 10.1 Å². The maximum Gasteiger partial charge on any atom is 0.294 e. The molecule has 0 amide bonds. The molecule has 0 N–H and O–H groups in total. The molecule has 0 unspecified atom stereocenters. The molecule has 0 spiro atoms. The molecule has 1 fully saturated rings. The highest BCUT2D eigenvalue weighted by molar-refractivity contribution is 4.83. The first-order chi connectivity index (χ1) is 5.18. The van der Waals surface area contributed by atoms with Gasteiger partial charge in [0.2, 0.25) is 0 Å². The van der Waals surface area contributed by atoms with Gasteiger partial charge in [0.25, 0.3) is 5.09 Å². The van der Waals surface area contributed by atoms with Gasteiger partial charge in [0.05, 0.1) is 13.2 Å². The first-order valence-electron chi connectivity index (χ1n) is 3.54. The zero-order valence-electron chi connectivity index (χ0n) is 6.41. The van der Waals surface area contributed by atoms with Crippen LogP contribution in [0.3, 0.4) is 0 Å². The SMILES string of the molecule is CCC1(CO[N+](=O)[O-])COC1. The van der Waals surface area contributed by atoms with Gasteiger partial charge in [-0.3, -0.25) is 0 Å². The van der Waals surface area contributed by atoms with Crippen molar-refractivity contribution >= 4 is 0 Å². The predicted octanol–water partition coefficient (Wildman–Crippen LogP) is 0.621. The minimum absolute atomic E-state index is 0.0902. The van der Waals surface area contributed by atoms with E-state index in [0.29, 0.717) is 13.2 Å². The summed E-state index contributed by atoms with van der Waals surface area (Å²) in [5, 5.41) is 9.09. The summed E-state index contributed by atoms with van der Waals surface area (Å²) in [7, 11) is 0. The largest absolute Gasteiger partial charge is 0.380 e. The monoisotopic (exact) mass is 161 g/mol. The molecule has 0 aromatic carbocycles. The van der Waals surface area contributed by atoms with Gasteiger partial charge in [0, 0.05) is 5.41 Å². The Morgan fingerprint density at radius 2 is 2.36 bits per heavy atom. The number of hydrogen-bond donors (Lipinski definition) is 0. The first kappa shape index (κ1) is 8.26. The van der Waals surface area contributed by atoms with Crippen molar-refractivity contribution in [1.29, 1.82) is 0 Å². The Hall–Kier alpha value is -0.840. The molecule has 0 radical (unpaired) electrons. The number of ether oxygens (including phenoxy) is 1. The Bertz CT molecular complexity index is 149. The van der Waals surface area contributed by atoms with E-state index in [1.807, 2.05) is 6.92 Å². The van der Waals surface area contributed by atoms with Gasteiger partial charge >= 0.3 is 0 Å². The summed E-state index contributed by atoms with van der Waals surface area (Å²) in [6, 6.07) is 0. The Balaban J connectivity index is 2.27. The quantitative estimate of drug-likeness (QED) is 0.448. The molecule has 5 heteroatoms. The third-order valence-electron chi connectivity index (χ3n) is 2.04. The Kier molecular flexibility index (Phi) is 2.28. The average molecular weight is 161 g/mol. The van der Waals surface area contributed by atoms with Crippen LogP contribution in [0.2, 0.25) is 0 Å². The highest BCUT2D eigenvalue weighted by Gasteiger charge is 2.37. The van der Waals surface area contributed by atoms with Gasteiger partial charge in [-0.05, 0) is 6.42 Å². The van der Waals surface area contributed by atoms with Crippen molar-refractivity contribution in [3.05, 3.63) is 10.1 Å². The number of hydrogen-bond acceptors (Lipinski definition) is 4. The van der Waals surface area contributed by atoms with E-state index in [1.165, 1.54) is 0 Å². The van der Waals surface area contributed by atoms with Gasteiger partial charge in [-0.2, -0.15) is 0 Å². The number of rotatable bonds is 4. The van der Waals surface area contributed by atoms with Crippen molar-refractivity contribution in [2.45, 2.75) is 13.3 Å². The van der Waals surface area contributed by atoms with Crippen LogP contribution in [-0.4, -0.2) is 24.9 Å². The van der Waals surface area contributed by atoms with E-state index < -0.39 is 5.09 Å². The second kappa shape index (κ2) is 3.04. The topological polar surface area (TPSA) is 61.6 Å². The summed E-state index contributed by atoms with van der Waals surface area (Å²) >= 11 is 0. The summed E-state index contributed by atoms with van der Waals surface area (Å²) in [6.45, 7) is 3.30. The highest BCUT2D eigenvalue weighted by Crippen LogP contribution is 2.31. The van der Waals surface area contributed by atoms with Crippen molar-refractivity contribution in [3.8, 4) is 0 Å². The molecular formula is C6H11NO4. The lowest BCUT2D eigenvalue weighted by molar-refractivity contribution is -0.762. The molecule has 0 aliphatic carbocycles. The van der Waals surface area contributed by atoms with Crippen LogP contribution in [0.4, 0.5) is 0 Å². The van der Waals surface area contributed by atoms with Crippen LogP contribution in [-0.2, 0) is 9.57 Å². The van der Waals surface area contributed by atoms with E-state index in [4.69, 9.17) is 4.74 Å². The molecule has 1 aliphatic heterocycles. The summed E-state index contributed by atoms with van der Waals surface area (Å²) in [5.41, 5.74) is -0.0902. The van der Waals surface area contributed by atoms with E-state index in [2.05, 4.69) is 4.84 Å². The van der Waals surface area contributed by atoms with Crippen molar-refractivity contribution < 1.29 is 14.7 Å². The zero-order valence-corrected chi connectivity index (χ0v) is 6.41. The molecule has 5 nitrogen and oxygen atoms in total. The maximum absolute atomic E-state index is 9.84. The molecule has 1 aliphatic rings. The van der Waals surface area contributed by atoms with Gasteiger partial charge in [-0.1, -0.05) is 6.92 Å². The minimum atomic E-state index is -0.754. The second-order valence-electron chi connectivity index (χ2n) is 2.84. The number of nitrogens with zero attached hydrogens (tertiary/aromatic N) is 1. The molecule has 1 saturated heterocycles. The lowest BCUT2D eigenvalue weighted by Crippen LogP contribution is -2.46. The molecule has 0 bridgehead atoms. The van der Waals surface area contributed by atoms with Crippen molar-refractivity contribution in [2.75, 3.05) is 19.8 Å². The fraction of sp³-hybridized carbons (Fsp3) is 1.00. The lowest BCUT2D eigenvalue weighted by atomic mass is 9.84. The summed E-state index contributed by atoms with van der Waals surface area (Å²) in [6.07, 6.45) is 0.862. The average Bonchev–Trinajstić information content (AvgIpc) is 1.86. The molecule has 0 saturated carbocycles. The van der Waals surface area contributed by atoms with Crippen LogP contribution in [0.15, 0.2) is 0 Å². The third-order valence-corrected chi connectivity index (χ3v) is 2.04. The standard InChI is InChI=1S/C6H11NO4/c1-2-6(3-10-4-6)5-11-7(8)9/h2-5H2,1H3. The second-order valence-corrected chi connectivity index (χ2v) is 2.84. The molecule has 11 heavy (non-hydrogen) atoms. The lowest BCUT2D eigenvalue weighted by Gasteiger charge is -2.39. The van der Waals surface area contributed by atoms with Crippen molar-refractivity contribution in [3.63, 3.8) is 0 Å². The molecular weight excluding hydrogens is 150 g/mol. The Labute approximate surface area is 64.4 Å². The molecule has 0 aromatic rings. The zero-order chi connectivity index (χ0) is 8.32. The Morgan fingerprint density at radius 1 is 1.73 bits per heavy atom. The van der Waals surface area contributed by atoms with E-state index in [-0.39, 0.29) is 12.0 Å². The van der Waals surface area contributed by atoms with Crippen LogP contribution in [0.5, 0.6) is 0 Å².